The van der Waals surface area contributed by atoms with Gasteiger partial charge >= 0.3 is 0 Å². The van der Waals surface area contributed by atoms with Crippen LogP contribution < -0.4 is 0 Å². The lowest BCUT2D eigenvalue weighted by Crippen LogP contribution is -2.51. The molecule has 0 rings (SSSR count). The SMILES string of the molecule is CCCCCC[N+](CCO)(CCCC)CCCCC. The molecule has 0 amide bonds. The summed E-state index contributed by atoms with van der Waals surface area (Å²) in [6.07, 6.45) is 11.9. The minimum absolute atomic E-state index is 0.351. The second-order valence-corrected chi connectivity index (χ2v) is 6.08. The highest BCUT2D eigenvalue weighted by Crippen LogP contribution is 2.15. The van der Waals surface area contributed by atoms with Gasteiger partial charge in [0.15, 0.2) is 0 Å². The van der Waals surface area contributed by atoms with Crippen LogP contribution in [0, 0.1) is 0 Å². The molecular weight excluding hydrogens is 234 g/mol. The summed E-state index contributed by atoms with van der Waals surface area (Å²) in [4.78, 5) is 0. The summed E-state index contributed by atoms with van der Waals surface area (Å²) >= 11 is 0. The van der Waals surface area contributed by atoms with Crippen LogP contribution in [-0.2, 0) is 0 Å². The van der Waals surface area contributed by atoms with E-state index in [1.807, 2.05) is 0 Å². The van der Waals surface area contributed by atoms with Gasteiger partial charge in [-0.1, -0.05) is 46.5 Å². The van der Waals surface area contributed by atoms with Crippen molar-refractivity contribution in [2.45, 2.75) is 78.6 Å². The Morgan fingerprint density at radius 3 is 1.58 bits per heavy atom. The number of nitrogens with zero attached hydrogens (tertiary/aromatic N) is 1. The zero-order chi connectivity index (χ0) is 14.4. The number of unbranched alkanes of at least 4 members (excludes halogenated alkanes) is 6. The highest BCUT2D eigenvalue weighted by atomic mass is 16.3. The van der Waals surface area contributed by atoms with Crippen molar-refractivity contribution in [1.29, 1.82) is 0 Å². The van der Waals surface area contributed by atoms with Gasteiger partial charge in [0.05, 0.1) is 26.2 Å². The van der Waals surface area contributed by atoms with E-state index in [1.165, 1.54) is 81.9 Å². The molecule has 0 aliphatic rings. The molecule has 0 radical (unpaired) electrons. The Morgan fingerprint density at radius 1 is 0.579 bits per heavy atom. The topological polar surface area (TPSA) is 20.2 Å². The number of aliphatic hydroxyl groups is 1. The average Bonchev–Trinajstić information content (AvgIpc) is 2.42. The van der Waals surface area contributed by atoms with Gasteiger partial charge in [-0.2, -0.15) is 0 Å². The first-order valence-corrected chi connectivity index (χ1v) is 8.70. The average molecular weight is 272 g/mol. The quantitative estimate of drug-likeness (QED) is 0.368. The zero-order valence-corrected chi connectivity index (χ0v) is 13.8. The van der Waals surface area contributed by atoms with E-state index in [0.29, 0.717) is 6.61 Å². The normalized spacial score (nSPS) is 14.5. The van der Waals surface area contributed by atoms with Crippen molar-refractivity contribution < 1.29 is 9.59 Å². The number of rotatable bonds is 14. The van der Waals surface area contributed by atoms with Gasteiger partial charge in [-0.3, -0.25) is 0 Å². The van der Waals surface area contributed by atoms with Gasteiger partial charge in [0.1, 0.15) is 6.54 Å². The fraction of sp³-hybridized carbons (Fsp3) is 1.00. The van der Waals surface area contributed by atoms with Crippen LogP contribution in [0.2, 0.25) is 0 Å². The number of hydrogen-bond acceptors (Lipinski definition) is 1. The van der Waals surface area contributed by atoms with Crippen molar-refractivity contribution in [1.82, 2.24) is 0 Å². The number of aliphatic hydroxyl groups excluding tert-OH is 1. The van der Waals surface area contributed by atoms with Crippen LogP contribution in [-0.4, -0.2) is 42.4 Å². The maximum absolute atomic E-state index is 9.44. The zero-order valence-electron chi connectivity index (χ0n) is 13.8. The third kappa shape index (κ3) is 9.45. The summed E-state index contributed by atoms with van der Waals surface area (Å²) in [6.45, 7) is 12.0. The van der Waals surface area contributed by atoms with Gasteiger partial charge in [-0.05, 0) is 32.1 Å². The molecule has 0 bridgehead atoms. The molecule has 0 aromatic rings. The van der Waals surface area contributed by atoms with Gasteiger partial charge in [-0.25, -0.2) is 0 Å². The molecule has 1 N–H and O–H groups in total. The van der Waals surface area contributed by atoms with Crippen LogP contribution in [0.5, 0.6) is 0 Å². The monoisotopic (exact) mass is 272 g/mol. The molecule has 0 spiro atoms. The minimum Gasteiger partial charge on any atom is -0.391 e. The second kappa shape index (κ2) is 12.9. The van der Waals surface area contributed by atoms with Crippen molar-refractivity contribution in [3.05, 3.63) is 0 Å². The Kier molecular flexibility index (Phi) is 12.9. The lowest BCUT2D eigenvalue weighted by atomic mass is 10.1. The van der Waals surface area contributed by atoms with Gasteiger partial charge in [-0.15, -0.1) is 0 Å². The van der Waals surface area contributed by atoms with E-state index in [2.05, 4.69) is 20.8 Å². The van der Waals surface area contributed by atoms with E-state index in [4.69, 9.17) is 0 Å². The van der Waals surface area contributed by atoms with Gasteiger partial charge in [0, 0.05) is 0 Å². The maximum Gasteiger partial charge on any atom is 0.102 e. The Hall–Kier alpha value is -0.0800. The Balaban J connectivity index is 4.32. The molecular formula is C17H38NO+. The lowest BCUT2D eigenvalue weighted by molar-refractivity contribution is -0.929. The molecule has 0 aromatic carbocycles. The van der Waals surface area contributed by atoms with Crippen molar-refractivity contribution in [2.75, 3.05) is 32.8 Å². The molecule has 2 heteroatoms. The van der Waals surface area contributed by atoms with Crippen molar-refractivity contribution >= 4 is 0 Å². The van der Waals surface area contributed by atoms with E-state index < -0.39 is 0 Å². The van der Waals surface area contributed by atoms with E-state index in [-0.39, 0.29) is 0 Å². The Morgan fingerprint density at radius 2 is 1.05 bits per heavy atom. The summed E-state index contributed by atoms with van der Waals surface area (Å²) in [5.41, 5.74) is 0. The van der Waals surface area contributed by atoms with Crippen LogP contribution in [0.3, 0.4) is 0 Å². The minimum atomic E-state index is 0.351. The fourth-order valence-electron chi connectivity index (χ4n) is 2.95. The first-order chi connectivity index (χ1) is 9.24. The first-order valence-electron chi connectivity index (χ1n) is 8.70. The molecule has 0 heterocycles. The van der Waals surface area contributed by atoms with Crippen LogP contribution in [0.4, 0.5) is 0 Å². The standard InChI is InChI=1S/C17H38NO/c1-4-7-10-12-15-18(16-17-19,13-9-6-3)14-11-8-5-2/h19H,4-17H2,1-3H3/q+1. The summed E-state index contributed by atoms with van der Waals surface area (Å²) in [6, 6.07) is 0. The third-order valence-electron chi connectivity index (χ3n) is 4.28. The second-order valence-electron chi connectivity index (χ2n) is 6.08. The molecule has 116 valence electrons. The van der Waals surface area contributed by atoms with Crippen LogP contribution in [0.1, 0.15) is 78.6 Å². The summed E-state index contributed by atoms with van der Waals surface area (Å²) in [7, 11) is 0. The first kappa shape index (κ1) is 18.9. The Labute approximate surface area is 121 Å². The summed E-state index contributed by atoms with van der Waals surface area (Å²) in [5, 5.41) is 9.44. The molecule has 0 aromatic heterocycles. The molecule has 0 aliphatic heterocycles. The van der Waals surface area contributed by atoms with E-state index in [9.17, 15) is 5.11 Å². The van der Waals surface area contributed by atoms with Gasteiger partial charge < -0.3 is 9.59 Å². The molecule has 0 aliphatic carbocycles. The van der Waals surface area contributed by atoms with Gasteiger partial charge in [0.25, 0.3) is 0 Å². The van der Waals surface area contributed by atoms with Crippen molar-refractivity contribution in [2.24, 2.45) is 0 Å². The van der Waals surface area contributed by atoms with E-state index in [1.54, 1.807) is 0 Å². The molecule has 19 heavy (non-hydrogen) atoms. The predicted octanol–water partition coefficient (Wildman–Crippen LogP) is 4.37. The van der Waals surface area contributed by atoms with Crippen molar-refractivity contribution in [3.8, 4) is 0 Å². The van der Waals surface area contributed by atoms with Crippen LogP contribution in [0.25, 0.3) is 0 Å². The fourth-order valence-corrected chi connectivity index (χ4v) is 2.95. The lowest BCUT2D eigenvalue weighted by Gasteiger charge is -2.39. The van der Waals surface area contributed by atoms with Gasteiger partial charge in [0.2, 0.25) is 0 Å². The summed E-state index contributed by atoms with van der Waals surface area (Å²) in [5.74, 6) is 0. The molecule has 0 saturated heterocycles. The van der Waals surface area contributed by atoms with E-state index in [0.717, 1.165) is 6.54 Å². The predicted molar refractivity (Wildman–Crippen MR) is 85.4 cm³/mol. The Bertz CT molecular complexity index is 184. The van der Waals surface area contributed by atoms with Crippen LogP contribution >= 0.6 is 0 Å². The highest BCUT2D eigenvalue weighted by molar-refractivity contribution is 4.50. The number of hydrogen-bond donors (Lipinski definition) is 1. The molecule has 1 unspecified atom stereocenters. The summed E-state index contributed by atoms with van der Waals surface area (Å²) < 4.78 is 1.17. The molecule has 0 saturated carbocycles. The molecule has 0 fully saturated rings. The largest absolute Gasteiger partial charge is 0.391 e. The smallest absolute Gasteiger partial charge is 0.102 e. The van der Waals surface area contributed by atoms with Crippen molar-refractivity contribution in [3.63, 3.8) is 0 Å². The third-order valence-corrected chi connectivity index (χ3v) is 4.28. The molecule has 2 nitrogen and oxygen atoms in total. The van der Waals surface area contributed by atoms with Crippen LogP contribution in [0.15, 0.2) is 0 Å². The number of quaternary nitrogens is 1. The van der Waals surface area contributed by atoms with E-state index >= 15 is 0 Å². The highest BCUT2D eigenvalue weighted by Gasteiger charge is 2.25. The molecule has 1 atom stereocenters. The maximum atomic E-state index is 9.44.